The molecule has 2 heterocycles. The third-order valence-electron chi connectivity index (χ3n) is 8.01. The molecule has 0 spiro atoms. The molecule has 0 unspecified atom stereocenters. The average Bonchev–Trinajstić information content (AvgIpc) is 3.07. The van der Waals surface area contributed by atoms with Gasteiger partial charge in [-0.25, -0.2) is 4.79 Å². The van der Waals surface area contributed by atoms with E-state index in [4.69, 9.17) is 23.7 Å². The first kappa shape index (κ1) is 38.4. The minimum Gasteiger partial charge on any atom is -0.454 e. The van der Waals surface area contributed by atoms with Gasteiger partial charge in [-0.15, -0.1) is 0 Å². The molecular weight excluding hydrogens is 626 g/mol. The third kappa shape index (κ3) is 11.9. The van der Waals surface area contributed by atoms with Gasteiger partial charge in [0.05, 0.1) is 18.4 Å². The molecule has 0 radical (unpaired) electrons. The third-order valence-corrected chi connectivity index (χ3v) is 8.01. The zero-order valence-electron chi connectivity index (χ0n) is 27.9. The first-order valence-corrected chi connectivity index (χ1v) is 16.6. The van der Waals surface area contributed by atoms with Crippen LogP contribution in [0.3, 0.4) is 0 Å². The number of carbonyl (C=O) groups is 5. The standard InChI is InChI=1S/C34H49N3O11/c1-4-6-17-35-26(39)19-22-13-11-12-14-23(20-27(40)36-18-7-5-2)32(42)47-30-29(46-31(22)41)28(25(21-38)45-33(30)44-3)48-34(43)37-24-15-9-8-10-16-24/h8-12,15-16,22-23,25,28-30,33,38H,4-7,13-14,17-21H2,1-3H3,(H,35,39)(H,36,40)(H,37,43)/t22-,23-,25-,28+,29+,30-,33+/m1/s1. The van der Waals surface area contributed by atoms with Crippen LogP contribution in [0, 0.1) is 11.8 Å². The SMILES string of the molecule is CCCCNC(=O)C[C@H]1CC=CC[C@H](CC(=O)NCCCC)C(=O)O[C@H]2[C@@H](OC)O[C@H](CO)[C@H](OC(=O)Nc3ccccc3)[C@@H]2OC1=O. The fraction of sp³-hybridized carbons (Fsp3) is 0.618. The topological polar surface area (TPSA) is 188 Å². The number of rotatable bonds is 14. The van der Waals surface area contributed by atoms with Gasteiger partial charge in [-0.2, -0.15) is 0 Å². The highest BCUT2D eigenvalue weighted by atomic mass is 16.7. The van der Waals surface area contributed by atoms with E-state index in [9.17, 15) is 29.1 Å². The van der Waals surface area contributed by atoms with Crippen LogP contribution in [-0.4, -0.2) is 92.5 Å². The summed E-state index contributed by atoms with van der Waals surface area (Å²) >= 11 is 0. The molecule has 14 nitrogen and oxygen atoms in total. The number of benzene rings is 1. The predicted octanol–water partition coefficient (Wildman–Crippen LogP) is 2.99. The average molecular weight is 676 g/mol. The molecular formula is C34H49N3O11. The minimum absolute atomic E-state index is 0.0928. The van der Waals surface area contributed by atoms with Gasteiger partial charge in [0, 0.05) is 38.7 Å². The fourth-order valence-electron chi connectivity index (χ4n) is 5.32. The molecule has 1 saturated heterocycles. The van der Waals surface area contributed by atoms with E-state index < -0.39 is 67.2 Å². The molecule has 0 aliphatic carbocycles. The lowest BCUT2D eigenvalue weighted by molar-refractivity contribution is -0.300. The van der Waals surface area contributed by atoms with Gasteiger partial charge in [-0.1, -0.05) is 57.0 Å². The van der Waals surface area contributed by atoms with E-state index in [1.807, 2.05) is 13.8 Å². The highest BCUT2D eigenvalue weighted by molar-refractivity contribution is 5.85. The van der Waals surface area contributed by atoms with Gasteiger partial charge in [-0.05, 0) is 37.8 Å². The summed E-state index contributed by atoms with van der Waals surface area (Å²) in [5, 5.41) is 18.4. The molecule has 7 atom stereocenters. The summed E-state index contributed by atoms with van der Waals surface area (Å²) in [6, 6.07) is 8.43. The van der Waals surface area contributed by atoms with Crippen molar-refractivity contribution in [1.82, 2.24) is 10.6 Å². The zero-order chi connectivity index (χ0) is 34.9. The monoisotopic (exact) mass is 675 g/mol. The number of nitrogens with one attached hydrogen (secondary N) is 3. The van der Waals surface area contributed by atoms with Gasteiger partial charge in [-0.3, -0.25) is 24.5 Å². The number of aliphatic hydroxyl groups is 1. The lowest BCUT2D eigenvalue weighted by atomic mass is 9.94. The summed E-state index contributed by atoms with van der Waals surface area (Å²) in [6.45, 7) is 4.22. The zero-order valence-corrected chi connectivity index (χ0v) is 27.9. The summed E-state index contributed by atoms with van der Waals surface area (Å²) in [6.07, 6.45) is -1.55. The van der Waals surface area contributed by atoms with Gasteiger partial charge in [0.1, 0.15) is 6.10 Å². The lowest BCUT2D eigenvalue weighted by Gasteiger charge is -2.44. The largest absolute Gasteiger partial charge is 0.454 e. The van der Waals surface area contributed by atoms with Gasteiger partial charge in [0.25, 0.3) is 0 Å². The van der Waals surface area contributed by atoms with Crippen LogP contribution in [0.5, 0.6) is 0 Å². The number of methoxy groups -OCH3 is 1. The number of amides is 3. The summed E-state index contributed by atoms with van der Waals surface area (Å²) in [7, 11) is 1.27. The second-order valence-corrected chi connectivity index (χ2v) is 11.8. The maximum Gasteiger partial charge on any atom is 0.412 e. The molecule has 0 aromatic heterocycles. The molecule has 1 aromatic carbocycles. The molecule has 48 heavy (non-hydrogen) atoms. The van der Waals surface area contributed by atoms with Crippen LogP contribution in [0.1, 0.15) is 65.2 Å². The molecule has 3 rings (SSSR count). The van der Waals surface area contributed by atoms with Crippen LogP contribution in [0.15, 0.2) is 42.5 Å². The number of unbranched alkanes of at least 4 members (excludes halogenated alkanes) is 2. The van der Waals surface area contributed by atoms with Crippen LogP contribution in [0.25, 0.3) is 0 Å². The summed E-state index contributed by atoms with van der Waals surface area (Å²) in [5.74, 6) is -4.16. The number of aliphatic hydroxyl groups excluding tert-OH is 1. The van der Waals surface area contributed by atoms with Crippen LogP contribution < -0.4 is 16.0 Å². The molecule has 3 amide bonds. The quantitative estimate of drug-likeness (QED) is 0.0983. The number of para-hydroxylation sites is 1. The Bertz CT molecular complexity index is 1230. The second-order valence-electron chi connectivity index (χ2n) is 11.8. The molecule has 1 aromatic rings. The van der Waals surface area contributed by atoms with Crippen LogP contribution >= 0.6 is 0 Å². The van der Waals surface area contributed by atoms with Crippen molar-refractivity contribution >= 4 is 35.5 Å². The molecule has 14 heteroatoms. The summed E-state index contributed by atoms with van der Waals surface area (Å²) in [4.78, 5) is 66.0. The number of anilines is 1. The van der Waals surface area contributed by atoms with E-state index >= 15 is 0 Å². The number of allylic oxidation sites excluding steroid dienone is 2. The van der Waals surface area contributed by atoms with Crippen molar-refractivity contribution < 1.29 is 52.8 Å². The molecule has 0 bridgehead atoms. The summed E-state index contributed by atoms with van der Waals surface area (Å²) < 4.78 is 28.8. The Morgan fingerprint density at radius 1 is 0.854 bits per heavy atom. The molecule has 2 aliphatic rings. The van der Waals surface area contributed by atoms with Crippen molar-refractivity contribution in [3.05, 3.63) is 42.5 Å². The van der Waals surface area contributed by atoms with Gasteiger partial charge < -0.3 is 39.4 Å². The predicted molar refractivity (Wildman–Crippen MR) is 173 cm³/mol. The molecule has 266 valence electrons. The number of esters is 2. The second kappa shape index (κ2) is 20.4. The van der Waals surface area contributed by atoms with Crippen LogP contribution in [0.4, 0.5) is 10.5 Å². The fourth-order valence-corrected chi connectivity index (χ4v) is 5.32. The van der Waals surface area contributed by atoms with Crippen molar-refractivity contribution in [3.8, 4) is 0 Å². The normalized spacial score (nSPS) is 26.0. The Kier molecular flexibility index (Phi) is 16.3. The number of fused-ring (bicyclic) bond motifs is 1. The highest BCUT2D eigenvalue weighted by Crippen LogP contribution is 2.32. The number of carbonyl (C=O) groups excluding carboxylic acids is 5. The Morgan fingerprint density at radius 3 is 1.90 bits per heavy atom. The first-order valence-electron chi connectivity index (χ1n) is 16.6. The van der Waals surface area contributed by atoms with Crippen molar-refractivity contribution in [2.45, 2.75) is 95.9 Å². The Morgan fingerprint density at radius 2 is 1.40 bits per heavy atom. The van der Waals surface area contributed by atoms with Crippen molar-refractivity contribution in [2.24, 2.45) is 11.8 Å². The maximum atomic E-state index is 13.7. The summed E-state index contributed by atoms with van der Waals surface area (Å²) in [5.41, 5.74) is 0.411. The first-order chi connectivity index (χ1) is 23.2. The van der Waals surface area contributed by atoms with Crippen LogP contribution in [-0.2, 0) is 42.9 Å². The molecule has 1 fully saturated rings. The Balaban J connectivity index is 1.97. The minimum atomic E-state index is -1.52. The van der Waals surface area contributed by atoms with Gasteiger partial charge in [0.2, 0.25) is 11.8 Å². The number of ether oxygens (including phenoxy) is 5. The van der Waals surface area contributed by atoms with Crippen molar-refractivity contribution in [2.75, 3.05) is 32.1 Å². The van der Waals surface area contributed by atoms with E-state index in [2.05, 4.69) is 16.0 Å². The van der Waals surface area contributed by atoms with Gasteiger partial charge in [0.15, 0.2) is 24.6 Å². The lowest BCUT2D eigenvalue weighted by Crippen LogP contribution is -2.63. The van der Waals surface area contributed by atoms with E-state index in [1.54, 1.807) is 42.5 Å². The molecule has 0 saturated carbocycles. The maximum absolute atomic E-state index is 13.7. The number of hydrogen-bond donors (Lipinski definition) is 4. The number of hydrogen-bond acceptors (Lipinski definition) is 11. The van der Waals surface area contributed by atoms with Crippen molar-refractivity contribution in [3.63, 3.8) is 0 Å². The van der Waals surface area contributed by atoms with E-state index in [0.717, 1.165) is 25.7 Å². The van der Waals surface area contributed by atoms with Crippen molar-refractivity contribution in [1.29, 1.82) is 0 Å². The van der Waals surface area contributed by atoms with E-state index in [-0.39, 0.29) is 37.5 Å². The Hall–Kier alpha value is -4.01. The van der Waals surface area contributed by atoms with E-state index in [0.29, 0.717) is 18.8 Å². The smallest absolute Gasteiger partial charge is 0.412 e. The van der Waals surface area contributed by atoms with E-state index in [1.165, 1.54) is 7.11 Å². The molecule has 2 aliphatic heterocycles. The Labute approximate surface area is 281 Å². The highest BCUT2D eigenvalue weighted by Gasteiger charge is 2.53. The van der Waals surface area contributed by atoms with Crippen LogP contribution in [0.2, 0.25) is 0 Å². The molecule has 4 N–H and O–H groups in total. The van der Waals surface area contributed by atoms with Gasteiger partial charge >= 0.3 is 18.0 Å².